The van der Waals surface area contributed by atoms with E-state index < -0.39 is 13.9 Å². The highest BCUT2D eigenvalue weighted by atomic mass is 32.1. The Hall–Kier alpha value is -6.47. The van der Waals surface area contributed by atoms with Crippen molar-refractivity contribution in [3.63, 3.8) is 0 Å². The molecular formula is C69H99N13O8SSi. The van der Waals surface area contributed by atoms with Crippen molar-refractivity contribution in [2.24, 2.45) is 11.8 Å². The minimum atomic E-state index is -1.69. The summed E-state index contributed by atoms with van der Waals surface area (Å²) in [5, 5.41) is 44.7. The first-order valence-electron chi connectivity index (χ1n) is 33.7. The highest BCUT2D eigenvalue weighted by Gasteiger charge is 2.43. The number of nitrogens with one attached hydrogen (secondary N) is 6. The van der Waals surface area contributed by atoms with Gasteiger partial charge in [0.2, 0.25) is 17.7 Å². The van der Waals surface area contributed by atoms with Gasteiger partial charge in [-0.25, -0.2) is 0 Å². The predicted molar refractivity (Wildman–Crippen MR) is 365 cm³/mol. The Morgan fingerprint density at radius 3 is 1.32 bits per heavy atom. The Labute approximate surface area is 546 Å². The first-order chi connectivity index (χ1) is 44.0. The van der Waals surface area contributed by atoms with Crippen LogP contribution in [0.15, 0.2) is 79.9 Å². The summed E-state index contributed by atoms with van der Waals surface area (Å²) >= 11 is 1.53. The van der Waals surface area contributed by atoms with Crippen molar-refractivity contribution in [3.8, 4) is 0 Å². The van der Waals surface area contributed by atoms with E-state index in [1.54, 1.807) is 11.7 Å². The van der Waals surface area contributed by atoms with E-state index in [0.29, 0.717) is 47.3 Å². The minimum Gasteiger partial charge on any atom is -0.414 e. The van der Waals surface area contributed by atoms with Crippen molar-refractivity contribution in [2.45, 2.75) is 199 Å². The van der Waals surface area contributed by atoms with Crippen LogP contribution in [-0.2, 0) is 24.4 Å². The maximum atomic E-state index is 12.4. The molecule has 498 valence electrons. The molecule has 3 amide bonds. The number of aryl methyl sites for hydroxylation is 3. The van der Waals surface area contributed by atoms with Crippen LogP contribution in [0.25, 0.3) is 32.9 Å². The lowest BCUT2D eigenvalue weighted by Gasteiger charge is -2.48. The summed E-state index contributed by atoms with van der Waals surface area (Å²) in [5.41, 5.74) is 6.62. The molecule has 3 aliphatic heterocycles. The molecule has 0 atom stereocenters. The van der Waals surface area contributed by atoms with Gasteiger partial charge in [0.1, 0.15) is 5.60 Å². The maximum Gasteiger partial charge on any atom is 0.239 e. The number of aromatic nitrogens is 4. The molecule has 0 spiro atoms. The number of rotatable bonds is 19. The number of thiazole rings is 1. The molecule has 6 fully saturated rings. The Kier molecular flexibility index (Phi) is 21.1. The zero-order valence-corrected chi connectivity index (χ0v) is 57.6. The van der Waals surface area contributed by atoms with Crippen LogP contribution >= 0.6 is 11.3 Å². The Morgan fingerprint density at radius 1 is 0.598 bits per heavy atom. The molecule has 3 saturated carbocycles. The molecule has 4 aromatic heterocycles. The van der Waals surface area contributed by atoms with E-state index in [9.17, 15) is 19.5 Å². The normalized spacial score (nSPS) is 23.8. The molecule has 3 saturated heterocycles. The van der Waals surface area contributed by atoms with Crippen LogP contribution < -0.4 is 31.9 Å². The second-order valence-corrected chi connectivity index (χ2v) is 34.7. The van der Waals surface area contributed by atoms with Gasteiger partial charge in [-0.3, -0.25) is 34.1 Å². The van der Waals surface area contributed by atoms with E-state index >= 15 is 0 Å². The van der Waals surface area contributed by atoms with Gasteiger partial charge in [0, 0.05) is 69.7 Å². The van der Waals surface area contributed by atoms with Crippen molar-refractivity contribution in [2.75, 3.05) is 74.9 Å². The Balaban J connectivity index is 0.000000142. The Morgan fingerprint density at radius 2 is 0.967 bits per heavy atom. The van der Waals surface area contributed by atoms with Gasteiger partial charge in [-0.05, 0) is 164 Å². The van der Waals surface area contributed by atoms with E-state index in [1.165, 1.54) is 49.9 Å². The zero-order chi connectivity index (χ0) is 64.9. The third-order valence-corrected chi connectivity index (χ3v) is 26.3. The summed E-state index contributed by atoms with van der Waals surface area (Å²) in [6, 6.07) is 20.2. The van der Waals surface area contributed by atoms with Crippen LogP contribution in [0.3, 0.4) is 0 Å². The number of nitrogens with zero attached hydrogens (tertiary/aromatic N) is 7. The summed E-state index contributed by atoms with van der Waals surface area (Å²) in [5.74, 6) is 3.52. The molecule has 0 radical (unpaired) electrons. The second-order valence-electron chi connectivity index (χ2n) is 29.1. The standard InChI is InChI=1S/C25H40N4O3Si.C22H27N5O3S.C22H32N4O2/c1-17-7-12-22-21(13-17)24(28-31-22)26-14-23(30)27-18-15-29(16-18)19-8-10-20(11-9-19)32-33(5,6)25(2,3)4;1-14-2-3-18-17(8-14)21(26-30-18)24-10-20(28)25-15-11-27(12-15)16-4-6-22(29,7-5-16)19-9-23-13-31-19;1-14(2)16-5-7-18(8-6-16)26-12-17(13-26)24-21(27)11-23-22-19-10-15(3)4-9-20(19)28-25-22/h7,12-13,18-20H,8-11,14-16H2,1-6H3,(H,26,28)(H,27,30);2-3,8-9,13,15-16,29H,4-7,10-12H2,1H3,(H,24,26)(H,25,28);4,9-10,14,16-18H,5-8,11-13H2,1-3H3,(H,23,25)(H,24,27). The molecular weight excluding hydrogens is 1200 g/mol. The van der Waals surface area contributed by atoms with E-state index in [-0.39, 0.29) is 60.5 Å². The summed E-state index contributed by atoms with van der Waals surface area (Å²) in [7, 11) is -1.69. The van der Waals surface area contributed by atoms with Crippen molar-refractivity contribution in [1.82, 2.24) is 51.1 Å². The molecule has 23 heteroatoms. The van der Waals surface area contributed by atoms with E-state index in [0.717, 1.165) is 139 Å². The average molecular weight is 1300 g/mol. The maximum absolute atomic E-state index is 12.4. The molecule has 0 unspecified atom stereocenters. The number of fused-ring (bicyclic) bond motifs is 3. The molecule has 3 aliphatic carbocycles. The summed E-state index contributed by atoms with van der Waals surface area (Å²) in [6.07, 6.45) is 15.7. The summed E-state index contributed by atoms with van der Waals surface area (Å²) in [6.45, 7) is 28.5. The van der Waals surface area contributed by atoms with Crippen LogP contribution in [0.5, 0.6) is 0 Å². The number of likely N-dealkylation sites (tertiary alicyclic amines) is 3. The van der Waals surface area contributed by atoms with E-state index in [4.69, 9.17) is 18.0 Å². The van der Waals surface area contributed by atoms with Gasteiger partial charge in [-0.15, -0.1) is 11.3 Å². The molecule has 13 rings (SSSR count). The lowest BCUT2D eigenvalue weighted by Crippen LogP contribution is -2.63. The van der Waals surface area contributed by atoms with Crippen molar-refractivity contribution in [3.05, 3.63) is 87.9 Å². The molecule has 92 heavy (non-hydrogen) atoms. The molecule has 7 N–H and O–H groups in total. The fourth-order valence-corrected chi connectivity index (χ4v) is 16.2. The van der Waals surface area contributed by atoms with Crippen molar-refractivity contribution >= 4 is 87.7 Å². The molecule has 21 nitrogen and oxygen atoms in total. The second kappa shape index (κ2) is 29.0. The highest BCUT2D eigenvalue weighted by Crippen LogP contribution is 2.42. The summed E-state index contributed by atoms with van der Waals surface area (Å²) < 4.78 is 22.6. The number of amides is 3. The van der Waals surface area contributed by atoms with E-state index in [2.05, 4.69) is 115 Å². The van der Waals surface area contributed by atoms with Gasteiger partial charge >= 0.3 is 0 Å². The van der Waals surface area contributed by atoms with Crippen LogP contribution in [0.2, 0.25) is 18.1 Å². The topological polar surface area (TPSA) is 254 Å². The SMILES string of the molecule is Cc1ccc2onc(NCC(=O)NC3CN(C4CCC(C(C)C)CC4)C3)c2c1.Cc1ccc2onc(NCC(=O)NC3CN(C4CCC(O)(c5cncs5)CC4)C3)c2c1.Cc1ccc2onc(NCC(=O)NC3CN(C4CCC(O[Si](C)(C)C(C)(C)C)CC4)C3)c2c1. The molecule has 7 aromatic rings. The lowest BCUT2D eigenvalue weighted by atomic mass is 9.78. The van der Waals surface area contributed by atoms with Crippen molar-refractivity contribution in [1.29, 1.82) is 0 Å². The van der Waals surface area contributed by atoms with Gasteiger partial charge in [0.15, 0.2) is 42.5 Å². The Bertz CT molecular complexity index is 3580. The van der Waals surface area contributed by atoms with Crippen LogP contribution in [-0.4, -0.2) is 168 Å². The van der Waals surface area contributed by atoms with E-state index in [1.807, 2.05) is 75.4 Å². The molecule has 7 heterocycles. The van der Waals surface area contributed by atoms with Crippen LogP contribution in [0.1, 0.15) is 133 Å². The number of carbonyl (C=O) groups excluding carboxylic acids is 3. The van der Waals surface area contributed by atoms with Gasteiger partial charge in [0.05, 0.1) is 64.3 Å². The fraction of sp³-hybridized carbons (Fsp3) is 0.609. The van der Waals surface area contributed by atoms with Gasteiger partial charge < -0.3 is 55.0 Å². The average Bonchev–Trinajstić information content (AvgIpc) is 1.18. The monoisotopic (exact) mass is 1300 g/mol. The number of benzene rings is 3. The number of anilines is 3. The smallest absolute Gasteiger partial charge is 0.239 e. The minimum absolute atomic E-state index is 0.00469. The van der Waals surface area contributed by atoms with Crippen LogP contribution in [0, 0.1) is 32.6 Å². The fourth-order valence-electron chi connectivity index (χ4n) is 14.0. The number of aliphatic hydroxyl groups is 1. The molecule has 3 aromatic carbocycles. The highest BCUT2D eigenvalue weighted by molar-refractivity contribution is 7.09. The number of carbonyl (C=O) groups is 3. The van der Waals surface area contributed by atoms with Gasteiger partial charge in [-0.2, -0.15) is 0 Å². The number of hydrogen-bond donors (Lipinski definition) is 7. The van der Waals surface area contributed by atoms with Gasteiger partial charge in [-0.1, -0.05) is 85.0 Å². The third-order valence-electron chi connectivity index (χ3n) is 20.8. The first-order valence-corrected chi connectivity index (χ1v) is 37.5. The lowest BCUT2D eigenvalue weighted by molar-refractivity contribution is -0.122. The third kappa shape index (κ3) is 16.5. The predicted octanol–water partition coefficient (Wildman–Crippen LogP) is 10.9. The molecule has 6 aliphatic rings. The van der Waals surface area contributed by atoms with Crippen molar-refractivity contribution < 1.29 is 37.5 Å². The first kappa shape index (κ1) is 67.0. The zero-order valence-electron chi connectivity index (χ0n) is 55.7. The molecule has 0 bridgehead atoms. The largest absolute Gasteiger partial charge is 0.414 e. The van der Waals surface area contributed by atoms with Gasteiger partial charge in [0.25, 0.3) is 0 Å². The van der Waals surface area contributed by atoms with Crippen LogP contribution in [0.4, 0.5) is 17.5 Å². The quantitative estimate of drug-likeness (QED) is 0.0372. The summed E-state index contributed by atoms with van der Waals surface area (Å²) in [4.78, 5) is 49.6. The number of hydrogen-bond acceptors (Lipinski definition) is 19.